The molecule has 4 N–H and O–H groups in total. The third-order valence-corrected chi connectivity index (χ3v) is 8.32. The Labute approximate surface area is 214 Å². The van der Waals surface area contributed by atoms with E-state index in [1.54, 1.807) is 12.1 Å². The van der Waals surface area contributed by atoms with E-state index in [0.29, 0.717) is 12.0 Å². The molecule has 36 heavy (non-hydrogen) atoms. The number of benzene rings is 2. The maximum absolute atomic E-state index is 13.5. The number of hydrogen-bond donors (Lipinski definition) is 3. The summed E-state index contributed by atoms with van der Waals surface area (Å²) >= 11 is 0. The topological polar surface area (TPSA) is 101 Å². The number of rotatable bonds is 7. The van der Waals surface area contributed by atoms with Crippen LogP contribution in [0.15, 0.2) is 30.3 Å². The Bertz CT molecular complexity index is 1230. The van der Waals surface area contributed by atoms with Gasteiger partial charge in [-0.15, -0.1) is 0 Å². The minimum absolute atomic E-state index is 0.0826. The zero-order valence-electron chi connectivity index (χ0n) is 22.1. The number of aryl methyl sites for hydroxylation is 1. The maximum atomic E-state index is 13.5. The first-order valence-electron chi connectivity index (χ1n) is 13.1. The Morgan fingerprint density at radius 3 is 2.33 bits per heavy atom. The summed E-state index contributed by atoms with van der Waals surface area (Å²) in [5.41, 5.74) is 14.3. The van der Waals surface area contributed by atoms with Crippen LogP contribution in [-0.2, 0) is 16.8 Å². The Morgan fingerprint density at radius 1 is 1.06 bits per heavy atom. The predicted molar refractivity (Wildman–Crippen MR) is 143 cm³/mol. The summed E-state index contributed by atoms with van der Waals surface area (Å²) < 4.78 is 0. The van der Waals surface area contributed by atoms with Crippen molar-refractivity contribution in [3.8, 4) is 5.75 Å². The van der Waals surface area contributed by atoms with E-state index < -0.39 is 11.5 Å². The van der Waals surface area contributed by atoms with Crippen molar-refractivity contribution in [3.63, 3.8) is 0 Å². The number of aromatic hydroxyl groups is 1. The van der Waals surface area contributed by atoms with Crippen LogP contribution in [0, 0.1) is 25.7 Å². The average molecular weight is 490 g/mol. The van der Waals surface area contributed by atoms with Crippen molar-refractivity contribution < 1.29 is 19.8 Å². The van der Waals surface area contributed by atoms with E-state index in [1.165, 1.54) is 22.3 Å². The highest BCUT2D eigenvalue weighted by Gasteiger charge is 2.31. The molecule has 2 aromatic carbocycles. The molecule has 0 aromatic heterocycles. The van der Waals surface area contributed by atoms with Crippen LogP contribution < -0.4 is 5.73 Å². The maximum Gasteiger partial charge on any atom is 0.303 e. The van der Waals surface area contributed by atoms with Gasteiger partial charge in [0.15, 0.2) is 5.78 Å². The summed E-state index contributed by atoms with van der Waals surface area (Å²) in [4.78, 5) is 24.5. The molecule has 2 aromatic rings. The Balaban J connectivity index is 1.59. The van der Waals surface area contributed by atoms with E-state index >= 15 is 0 Å². The number of allylic oxidation sites excluding steroid dienone is 2. The van der Waals surface area contributed by atoms with Gasteiger partial charge in [-0.3, -0.25) is 9.59 Å². The number of Topliss-reactive ketones (excluding diaryl/α,β-unsaturated/α-hetero) is 1. The van der Waals surface area contributed by atoms with Crippen LogP contribution >= 0.6 is 0 Å². The van der Waals surface area contributed by atoms with Crippen molar-refractivity contribution >= 4 is 17.3 Å². The molecule has 1 atom stereocenters. The highest BCUT2D eigenvalue weighted by atomic mass is 16.4. The van der Waals surface area contributed by atoms with E-state index in [1.807, 2.05) is 20.8 Å². The first-order chi connectivity index (χ1) is 16.9. The molecule has 0 amide bonds. The normalized spacial score (nSPS) is 21.7. The molecule has 1 fully saturated rings. The lowest BCUT2D eigenvalue weighted by atomic mass is 9.76. The van der Waals surface area contributed by atoms with Gasteiger partial charge in [-0.1, -0.05) is 12.1 Å². The number of nitrogens with two attached hydrogens (primary N) is 1. The molecule has 4 rings (SSSR count). The van der Waals surface area contributed by atoms with Crippen LogP contribution in [0.1, 0.15) is 103 Å². The molecule has 0 saturated heterocycles. The number of carboxylic acids is 1. The molecule has 2 aliphatic carbocycles. The Kier molecular flexibility index (Phi) is 7.16. The van der Waals surface area contributed by atoms with Crippen molar-refractivity contribution in [3.05, 3.63) is 69.3 Å². The van der Waals surface area contributed by atoms with E-state index in [2.05, 4.69) is 32.1 Å². The molecule has 0 radical (unpaired) electrons. The number of phenolic OH excluding ortho intramolecular Hbond substituents is 1. The molecule has 5 heteroatoms. The van der Waals surface area contributed by atoms with Gasteiger partial charge in [-0.25, -0.2) is 0 Å². The largest absolute Gasteiger partial charge is 0.508 e. The smallest absolute Gasteiger partial charge is 0.303 e. The standard InChI is InChI=1S/C31H39NO4/c1-17-12-22(29-18(2)13-23(16-25(17)29)31(4,5)32)15-26-19(3)24(10-11-27(26)33)30(36)21-8-6-20(7-9-21)14-28(34)35/h10-13,16,20-22,33H,6-9,14-15,32H2,1-5H3,(H,34,35). The fourth-order valence-electron chi connectivity index (χ4n) is 6.21. The first-order valence-corrected chi connectivity index (χ1v) is 13.1. The second-order valence-electron chi connectivity index (χ2n) is 11.6. The highest BCUT2D eigenvalue weighted by molar-refractivity contribution is 5.99. The van der Waals surface area contributed by atoms with Gasteiger partial charge >= 0.3 is 5.97 Å². The second-order valence-corrected chi connectivity index (χ2v) is 11.6. The van der Waals surface area contributed by atoms with Crippen LogP contribution in [-0.4, -0.2) is 22.0 Å². The van der Waals surface area contributed by atoms with Gasteiger partial charge in [0.1, 0.15) is 5.75 Å². The Hall–Kier alpha value is -2.92. The fourth-order valence-corrected chi connectivity index (χ4v) is 6.21. The van der Waals surface area contributed by atoms with Crippen LogP contribution in [0.4, 0.5) is 0 Å². The van der Waals surface area contributed by atoms with Crippen LogP contribution in [0.3, 0.4) is 0 Å². The molecule has 192 valence electrons. The number of hydrogen-bond acceptors (Lipinski definition) is 4. The third kappa shape index (κ3) is 5.12. The lowest BCUT2D eigenvalue weighted by Crippen LogP contribution is -2.29. The number of phenols is 1. The summed E-state index contributed by atoms with van der Waals surface area (Å²) in [5.74, 6) is -0.218. The second kappa shape index (κ2) is 9.85. The molecule has 0 bridgehead atoms. The molecule has 5 nitrogen and oxygen atoms in total. The van der Waals surface area contributed by atoms with Gasteiger partial charge in [-0.2, -0.15) is 0 Å². The Morgan fingerprint density at radius 2 is 1.72 bits per heavy atom. The summed E-state index contributed by atoms with van der Waals surface area (Å²) in [7, 11) is 0. The summed E-state index contributed by atoms with van der Waals surface area (Å²) in [6, 6.07) is 7.78. The predicted octanol–water partition coefficient (Wildman–Crippen LogP) is 6.41. The van der Waals surface area contributed by atoms with Crippen molar-refractivity contribution in [2.45, 2.75) is 84.6 Å². The van der Waals surface area contributed by atoms with Crippen LogP contribution in [0.5, 0.6) is 5.75 Å². The SMILES string of the molecule is CC1=CC(Cc2c(O)ccc(C(=O)C3CCC(CC(=O)O)CC3)c2C)c2c(C)cc(C(C)(C)N)cc21. The lowest BCUT2D eigenvalue weighted by Gasteiger charge is -2.27. The number of aliphatic carboxylic acids is 1. The number of carbonyl (C=O) groups excluding carboxylic acids is 1. The highest BCUT2D eigenvalue weighted by Crippen LogP contribution is 2.43. The van der Waals surface area contributed by atoms with E-state index in [-0.39, 0.29) is 35.7 Å². The summed E-state index contributed by atoms with van der Waals surface area (Å²) in [6.07, 6.45) is 6.07. The number of ketones is 1. The quantitative estimate of drug-likeness (QED) is 0.390. The van der Waals surface area contributed by atoms with Crippen molar-refractivity contribution in [2.24, 2.45) is 17.6 Å². The van der Waals surface area contributed by atoms with Crippen molar-refractivity contribution in [2.75, 3.05) is 0 Å². The zero-order valence-corrected chi connectivity index (χ0v) is 22.1. The van der Waals surface area contributed by atoms with Crippen molar-refractivity contribution in [1.29, 1.82) is 0 Å². The van der Waals surface area contributed by atoms with Gasteiger partial charge in [0.25, 0.3) is 0 Å². The third-order valence-electron chi connectivity index (χ3n) is 8.32. The zero-order chi connectivity index (χ0) is 26.4. The average Bonchev–Trinajstić information content (AvgIpc) is 3.11. The minimum Gasteiger partial charge on any atom is -0.508 e. The molecule has 0 aliphatic heterocycles. The molecule has 2 aliphatic rings. The lowest BCUT2D eigenvalue weighted by molar-refractivity contribution is -0.138. The van der Waals surface area contributed by atoms with Crippen LogP contribution in [0.25, 0.3) is 5.57 Å². The van der Waals surface area contributed by atoms with Gasteiger partial charge in [0.05, 0.1) is 0 Å². The summed E-state index contributed by atoms with van der Waals surface area (Å²) in [5, 5.41) is 19.9. The van der Waals surface area contributed by atoms with E-state index in [4.69, 9.17) is 10.8 Å². The number of carbonyl (C=O) groups is 2. The molecular weight excluding hydrogens is 450 g/mol. The van der Waals surface area contributed by atoms with E-state index in [0.717, 1.165) is 42.4 Å². The first kappa shape index (κ1) is 26.2. The van der Waals surface area contributed by atoms with Gasteiger partial charge in [0, 0.05) is 29.4 Å². The van der Waals surface area contributed by atoms with Crippen LogP contribution in [0.2, 0.25) is 0 Å². The fraction of sp³-hybridized carbons (Fsp3) is 0.484. The minimum atomic E-state index is -0.764. The van der Waals surface area contributed by atoms with E-state index in [9.17, 15) is 14.7 Å². The van der Waals surface area contributed by atoms with Gasteiger partial charge in [0.2, 0.25) is 0 Å². The molecular formula is C31H39NO4. The molecule has 0 heterocycles. The summed E-state index contributed by atoms with van der Waals surface area (Å²) in [6.45, 7) is 10.2. The molecule has 1 saturated carbocycles. The van der Waals surface area contributed by atoms with Crippen molar-refractivity contribution in [1.82, 2.24) is 0 Å². The van der Waals surface area contributed by atoms with Gasteiger partial charge in [-0.05, 0) is 130 Å². The molecule has 0 spiro atoms. The van der Waals surface area contributed by atoms with Gasteiger partial charge < -0.3 is 15.9 Å². The monoisotopic (exact) mass is 489 g/mol. The number of carboxylic acid groups (broad SMARTS) is 1. The number of fused-ring (bicyclic) bond motifs is 1. The molecule has 1 unspecified atom stereocenters.